The minimum Gasteiger partial charge on any atom is -0.755 e. The molecular formula is C28H23F3N5O4S-. The van der Waals surface area contributed by atoms with Gasteiger partial charge in [0.1, 0.15) is 0 Å². The molecule has 13 heteroatoms. The zero-order chi connectivity index (χ0) is 29.1. The molecule has 1 aromatic heterocycles. The second-order valence-electron chi connectivity index (χ2n) is 9.20. The number of hydrogen-bond acceptors (Lipinski definition) is 5. The van der Waals surface area contributed by atoms with Gasteiger partial charge in [0.05, 0.1) is 33.7 Å². The van der Waals surface area contributed by atoms with E-state index in [0.717, 1.165) is 21.8 Å². The lowest BCUT2D eigenvalue weighted by molar-refractivity contribution is -0.137. The number of para-hydroxylation sites is 1. The number of urea groups is 1. The van der Waals surface area contributed by atoms with Gasteiger partial charge >= 0.3 is 12.2 Å². The Balaban J connectivity index is 1.22. The van der Waals surface area contributed by atoms with Crippen molar-refractivity contribution >= 4 is 51.2 Å². The summed E-state index contributed by atoms with van der Waals surface area (Å²) in [7, 11) is 0. The molecule has 1 unspecified atom stereocenters. The second-order valence-corrected chi connectivity index (χ2v) is 9.99. The van der Waals surface area contributed by atoms with Crippen LogP contribution in [-0.2, 0) is 17.4 Å². The highest BCUT2D eigenvalue weighted by molar-refractivity contribution is 7.81. The fourth-order valence-corrected chi connectivity index (χ4v) is 5.14. The number of hydrogen-bond donors (Lipinski definition) is 1. The third-order valence-corrected chi connectivity index (χ3v) is 7.35. The molecule has 1 atom stereocenters. The number of anilines is 3. The van der Waals surface area contributed by atoms with E-state index in [0.29, 0.717) is 22.5 Å². The Morgan fingerprint density at radius 1 is 0.878 bits per heavy atom. The van der Waals surface area contributed by atoms with E-state index in [1.807, 2.05) is 12.1 Å². The van der Waals surface area contributed by atoms with Gasteiger partial charge in [-0.05, 0) is 60.7 Å². The maximum Gasteiger partial charge on any atom is 0.416 e. The zero-order valence-corrected chi connectivity index (χ0v) is 22.2. The number of aromatic nitrogens is 1. The number of benzene rings is 3. The zero-order valence-electron chi connectivity index (χ0n) is 21.4. The number of amides is 3. The van der Waals surface area contributed by atoms with E-state index in [4.69, 9.17) is 0 Å². The lowest BCUT2D eigenvalue weighted by Gasteiger charge is -2.35. The maximum absolute atomic E-state index is 13.1. The van der Waals surface area contributed by atoms with Crippen LogP contribution >= 0.6 is 0 Å². The summed E-state index contributed by atoms with van der Waals surface area (Å²) in [6.07, 6.45) is -2.88. The number of alkyl halides is 3. The van der Waals surface area contributed by atoms with Gasteiger partial charge in [0.15, 0.2) is 0 Å². The van der Waals surface area contributed by atoms with Crippen molar-refractivity contribution in [2.24, 2.45) is 0 Å². The number of nitrogens with one attached hydrogen (secondary N) is 1. The molecule has 1 fully saturated rings. The van der Waals surface area contributed by atoms with E-state index >= 15 is 0 Å². The third-order valence-electron chi connectivity index (χ3n) is 6.65. The molecule has 1 aliphatic heterocycles. The first-order valence-corrected chi connectivity index (χ1v) is 13.5. The maximum atomic E-state index is 13.1. The lowest BCUT2D eigenvalue weighted by atomic mass is 10.1. The number of fused-ring (bicyclic) bond motifs is 1. The van der Waals surface area contributed by atoms with Crippen LogP contribution in [-0.4, -0.2) is 61.7 Å². The molecule has 3 aromatic carbocycles. The molecule has 5 rings (SSSR count). The SMILES string of the molecule is O=C(Nc1ccc(C(F)(F)F)cc1)N1CCN(C(=O)c2ccc(N(c3cccc4cccnc34)S(=O)[O-])cc2)CC1. The molecule has 0 spiro atoms. The van der Waals surface area contributed by atoms with Gasteiger partial charge in [0, 0.05) is 49.0 Å². The van der Waals surface area contributed by atoms with Crippen molar-refractivity contribution in [1.82, 2.24) is 14.8 Å². The molecule has 41 heavy (non-hydrogen) atoms. The van der Waals surface area contributed by atoms with Crippen molar-refractivity contribution in [3.05, 3.63) is 96.2 Å². The second kappa shape index (κ2) is 11.6. The number of carbonyl (C=O) groups excluding carboxylic acids is 2. The highest BCUT2D eigenvalue weighted by Crippen LogP contribution is 2.33. The van der Waals surface area contributed by atoms with Gasteiger partial charge < -0.3 is 19.7 Å². The molecule has 4 aromatic rings. The van der Waals surface area contributed by atoms with E-state index in [9.17, 15) is 31.5 Å². The molecule has 0 radical (unpaired) electrons. The average Bonchev–Trinajstić information content (AvgIpc) is 2.97. The van der Waals surface area contributed by atoms with E-state index in [1.165, 1.54) is 17.0 Å². The highest BCUT2D eigenvalue weighted by Gasteiger charge is 2.30. The van der Waals surface area contributed by atoms with Gasteiger partial charge in [-0.3, -0.25) is 18.3 Å². The molecule has 3 amide bonds. The Bertz CT molecular complexity index is 1590. The lowest BCUT2D eigenvalue weighted by Crippen LogP contribution is -2.51. The summed E-state index contributed by atoms with van der Waals surface area (Å²) in [5, 5.41) is 3.35. The van der Waals surface area contributed by atoms with Crippen molar-refractivity contribution in [1.29, 1.82) is 0 Å². The first kappa shape index (κ1) is 28.1. The topological polar surface area (TPSA) is 109 Å². The summed E-state index contributed by atoms with van der Waals surface area (Å²) in [4.78, 5) is 33.1. The summed E-state index contributed by atoms with van der Waals surface area (Å²) < 4.78 is 63.8. The number of rotatable bonds is 5. The van der Waals surface area contributed by atoms with Gasteiger partial charge in [-0.1, -0.05) is 18.2 Å². The standard InChI is InChI=1S/C28H24F3N5O4S/c29-28(30,31)21-8-10-22(11-9-21)33-27(38)35-17-15-34(16-18-35)26(37)20-6-12-23(13-7-20)36(41(39)40)24-5-1-3-19-4-2-14-32-25(19)24/h1-14H,15-18H2,(H,33,38)(H,39,40)/p-1. The largest absolute Gasteiger partial charge is 0.755 e. The average molecular weight is 583 g/mol. The monoisotopic (exact) mass is 582 g/mol. The van der Waals surface area contributed by atoms with E-state index in [1.54, 1.807) is 53.6 Å². The van der Waals surface area contributed by atoms with Crippen molar-refractivity contribution in [3.63, 3.8) is 0 Å². The van der Waals surface area contributed by atoms with Gasteiger partial charge in [0.2, 0.25) is 0 Å². The van der Waals surface area contributed by atoms with E-state index in [-0.39, 0.29) is 37.8 Å². The van der Waals surface area contributed by atoms with Crippen molar-refractivity contribution in [3.8, 4) is 0 Å². The minimum absolute atomic E-state index is 0.229. The van der Waals surface area contributed by atoms with Crippen LogP contribution in [0.4, 0.5) is 35.0 Å². The molecule has 0 bridgehead atoms. The molecule has 2 heterocycles. The number of piperazine rings is 1. The predicted octanol–water partition coefficient (Wildman–Crippen LogP) is 5.18. The summed E-state index contributed by atoms with van der Waals surface area (Å²) in [6.45, 7) is 0.958. The molecule has 0 aliphatic carbocycles. The summed E-state index contributed by atoms with van der Waals surface area (Å²) >= 11 is -2.66. The van der Waals surface area contributed by atoms with Crippen LogP contribution in [0.25, 0.3) is 10.9 Å². The number of halogens is 3. The van der Waals surface area contributed by atoms with Gasteiger partial charge in [0.25, 0.3) is 5.91 Å². The molecule has 9 nitrogen and oxygen atoms in total. The van der Waals surface area contributed by atoms with Crippen LogP contribution in [0.3, 0.4) is 0 Å². The Kier molecular flexibility index (Phi) is 7.90. The highest BCUT2D eigenvalue weighted by atomic mass is 32.2. The van der Waals surface area contributed by atoms with Crippen LogP contribution < -0.4 is 9.62 Å². The first-order valence-electron chi connectivity index (χ1n) is 12.5. The minimum atomic E-state index is -4.46. The fourth-order valence-electron chi connectivity index (χ4n) is 4.54. The number of pyridine rings is 1. The molecule has 1 aliphatic rings. The Morgan fingerprint density at radius 2 is 1.51 bits per heavy atom. The van der Waals surface area contributed by atoms with Crippen LogP contribution in [0, 0.1) is 0 Å². The molecule has 1 N–H and O–H groups in total. The van der Waals surface area contributed by atoms with Crippen molar-refractivity contribution < 1.29 is 31.5 Å². The smallest absolute Gasteiger partial charge is 0.416 e. The predicted molar refractivity (Wildman–Crippen MR) is 147 cm³/mol. The Labute approximate surface area is 235 Å². The Morgan fingerprint density at radius 3 is 2.15 bits per heavy atom. The van der Waals surface area contributed by atoms with E-state index in [2.05, 4.69) is 10.3 Å². The summed E-state index contributed by atoms with van der Waals surface area (Å²) in [6, 6.07) is 18.7. The van der Waals surface area contributed by atoms with Crippen LogP contribution in [0.2, 0.25) is 0 Å². The van der Waals surface area contributed by atoms with Gasteiger partial charge in [-0.15, -0.1) is 0 Å². The van der Waals surface area contributed by atoms with Gasteiger partial charge in [-0.25, -0.2) is 4.79 Å². The molecule has 1 saturated heterocycles. The van der Waals surface area contributed by atoms with E-state index < -0.39 is 29.0 Å². The van der Waals surface area contributed by atoms with Crippen LogP contribution in [0.15, 0.2) is 85.1 Å². The number of nitrogens with zero attached hydrogens (tertiary/aromatic N) is 4. The normalized spacial score (nSPS) is 14.5. The first-order chi connectivity index (χ1) is 19.6. The van der Waals surface area contributed by atoms with Crippen LogP contribution in [0.1, 0.15) is 15.9 Å². The quantitative estimate of drug-likeness (QED) is 0.327. The number of carbonyl (C=O) groups is 2. The van der Waals surface area contributed by atoms with Gasteiger partial charge in [-0.2, -0.15) is 13.2 Å². The summed E-state index contributed by atoms with van der Waals surface area (Å²) in [5.41, 5.74) is 0.992. The van der Waals surface area contributed by atoms with Crippen molar-refractivity contribution in [2.75, 3.05) is 35.8 Å². The van der Waals surface area contributed by atoms with Crippen molar-refractivity contribution in [2.45, 2.75) is 6.18 Å². The third kappa shape index (κ3) is 6.15. The fraction of sp³-hybridized carbons (Fsp3) is 0.179. The molecule has 0 saturated carbocycles. The molecular weight excluding hydrogens is 559 g/mol. The Hall–Kier alpha value is -4.49. The van der Waals surface area contributed by atoms with Crippen LogP contribution in [0.5, 0.6) is 0 Å². The molecule has 212 valence electrons. The summed E-state index contributed by atoms with van der Waals surface area (Å²) in [5.74, 6) is -0.277.